The van der Waals surface area contributed by atoms with E-state index in [1.54, 1.807) is 18.2 Å². The smallest absolute Gasteiger partial charge is 0.251 e. The molecule has 2 aromatic rings. The summed E-state index contributed by atoms with van der Waals surface area (Å²) in [5.74, 6) is 0.915. The van der Waals surface area contributed by atoms with Gasteiger partial charge in [0.15, 0.2) is 5.76 Å². The average molecular weight is 251 g/mol. The van der Waals surface area contributed by atoms with Gasteiger partial charge >= 0.3 is 0 Å². The molecular weight excluding hydrogens is 240 g/mol. The molecule has 88 valence electrons. The molecule has 4 nitrogen and oxygen atoms in total. The number of carbonyl (C=O) groups excluding carboxylic acids is 1. The van der Waals surface area contributed by atoms with Crippen LogP contribution in [0.2, 0.25) is 0 Å². The van der Waals surface area contributed by atoms with Crippen LogP contribution in [0, 0.1) is 0 Å². The van der Waals surface area contributed by atoms with Crippen LogP contribution < -0.4 is 5.32 Å². The van der Waals surface area contributed by atoms with Gasteiger partial charge in [-0.2, -0.15) is 0 Å². The second-order valence-corrected chi connectivity index (χ2v) is 3.76. The Morgan fingerprint density at radius 2 is 2.06 bits per heavy atom. The lowest BCUT2D eigenvalue weighted by Crippen LogP contribution is -2.22. The third kappa shape index (κ3) is 3.07. The van der Waals surface area contributed by atoms with Crippen molar-refractivity contribution < 1.29 is 9.32 Å². The Morgan fingerprint density at radius 3 is 2.65 bits per heavy atom. The highest BCUT2D eigenvalue weighted by molar-refractivity contribution is 6.17. The van der Waals surface area contributed by atoms with E-state index in [1.165, 1.54) is 6.20 Å². The molecule has 2 rings (SSSR count). The number of benzene rings is 1. The summed E-state index contributed by atoms with van der Waals surface area (Å²) in [6.07, 6.45) is 1.54. The Hall–Kier alpha value is -1.81. The van der Waals surface area contributed by atoms with Crippen LogP contribution in [0.4, 0.5) is 0 Å². The third-order valence-electron chi connectivity index (χ3n) is 2.28. The van der Waals surface area contributed by atoms with Gasteiger partial charge in [0.05, 0.1) is 12.7 Å². The van der Waals surface area contributed by atoms with E-state index in [4.69, 9.17) is 16.1 Å². The predicted molar refractivity (Wildman–Crippen MR) is 63.7 cm³/mol. The maximum Gasteiger partial charge on any atom is 0.251 e. The molecule has 0 bridgehead atoms. The van der Waals surface area contributed by atoms with Crippen molar-refractivity contribution in [1.82, 2.24) is 10.5 Å². The summed E-state index contributed by atoms with van der Waals surface area (Å²) in [6.45, 7) is 0.329. The normalized spacial score (nSPS) is 10.2. The maximum absolute atomic E-state index is 11.7. The molecule has 0 aliphatic carbocycles. The number of alkyl halides is 1. The molecule has 1 amide bonds. The number of nitrogens with zero attached hydrogens (tertiary/aromatic N) is 1. The molecule has 0 saturated carbocycles. The first-order valence-electron chi connectivity index (χ1n) is 5.12. The molecule has 1 aromatic heterocycles. The Bertz CT molecular complexity index is 480. The van der Waals surface area contributed by atoms with E-state index in [9.17, 15) is 4.79 Å². The van der Waals surface area contributed by atoms with Gasteiger partial charge in [-0.05, 0) is 17.7 Å². The van der Waals surface area contributed by atoms with Crippen LogP contribution in [0.3, 0.4) is 0 Å². The molecule has 0 unspecified atom stereocenters. The third-order valence-corrected chi connectivity index (χ3v) is 2.59. The minimum Gasteiger partial charge on any atom is -0.360 e. The fraction of sp³-hybridized carbons (Fsp3) is 0.167. The molecule has 17 heavy (non-hydrogen) atoms. The van der Waals surface area contributed by atoms with Crippen LogP contribution in [0.5, 0.6) is 0 Å². The Balaban J connectivity index is 1.95. The summed E-state index contributed by atoms with van der Waals surface area (Å²) in [7, 11) is 0. The van der Waals surface area contributed by atoms with Crippen LogP contribution in [0.1, 0.15) is 21.7 Å². The number of hydrogen-bond acceptors (Lipinski definition) is 3. The average Bonchev–Trinajstić information content (AvgIpc) is 2.89. The minimum absolute atomic E-state index is 0.150. The van der Waals surface area contributed by atoms with Crippen molar-refractivity contribution in [3.63, 3.8) is 0 Å². The van der Waals surface area contributed by atoms with E-state index in [1.807, 2.05) is 12.1 Å². The van der Waals surface area contributed by atoms with Crippen molar-refractivity contribution in [3.05, 3.63) is 53.4 Å². The van der Waals surface area contributed by atoms with Crippen molar-refractivity contribution in [1.29, 1.82) is 0 Å². The van der Waals surface area contributed by atoms with Crippen molar-refractivity contribution in [3.8, 4) is 0 Å². The van der Waals surface area contributed by atoms with E-state index in [0.29, 0.717) is 23.7 Å². The molecule has 0 aliphatic heterocycles. The fourth-order valence-corrected chi connectivity index (χ4v) is 1.53. The molecule has 1 N–H and O–H groups in total. The molecule has 1 aromatic carbocycles. The van der Waals surface area contributed by atoms with Gasteiger partial charge in [0.2, 0.25) is 0 Å². The molecule has 5 heteroatoms. The molecule has 0 fully saturated rings. The Labute approximate surface area is 104 Å². The van der Waals surface area contributed by atoms with E-state index in [0.717, 1.165) is 5.56 Å². The number of aromatic nitrogens is 1. The van der Waals surface area contributed by atoms with Gasteiger partial charge in [-0.25, -0.2) is 0 Å². The topological polar surface area (TPSA) is 55.1 Å². The standard InChI is InChI=1S/C12H11ClN2O2/c13-7-9-1-3-10(4-2-9)12(16)14-8-11-5-6-15-17-11/h1-6H,7-8H2,(H,14,16). The summed E-state index contributed by atoms with van der Waals surface area (Å²) in [5, 5.41) is 6.29. The molecule has 0 spiro atoms. The molecule has 0 radical (unpaired) electrons. The summed E-state index contributed by atoms with van der Waals surface area (Å²) in [6, 6.07) is 8.85. The number of rotatable bonds is 4. The van der Waals surface area contributed by atoms with E-state index < -0.39 is 0 Å². The van der Waals surface area contributed by atoms with Gasteiger partial charge in [0, 0.05) is 17.5 Å². The predicted octanol–water partition coefficient (Wildman–Crippen LogP) is 2.34. The lowest BCUT2D eigenvalue weighted by molar-refractivity contribution is 0.0947. The van der Waals surface area contributed by atoms with E-state index >= 15 is 0 Å². The monoisotopic (exact) mass is 250 g/mol. The number of hydrogen-bond donors (Lipinski definition) is 1. The number of halogens is 1. The zero-order valence-electron chi connectivity index (χ0n) is 9.02. The van der Waals surface area contributed by atoms with E-state index in [-0.39, 0.29) is 5.91 Å². The maximum atomic E-state index is 11.7. The quantitative estimate of drug-likeness (QED) is 0.848. The summed E-state index contributed by atoms with van der Waals surface area (Å²) >= 11 is 5.67. The lowest BCUT2D eigenvalue weighted by atomic mass is 10.1. The molecule has 0 aliphatic rings. The van der Waals surface area contributed by atoms with Gasteiger partial charge in [-0.3, -0.25) is 4.79 Å². The first-order valence-corrected chi connectivity index (χ1v) is 5.65. The highest BCUT2D eigenvalue weighted by Gasteiger charge is 2.06. The highest BCUT2D eigenvalue weighted by atomic mass is 35.5. The zero-order chi connectivity index (χ0) is 12.1. The van der Waals surface area contributed by atoms with Crippen LogP contribution in [-0.4, -0.2) is 11.1 Å². The van der Waals surface area contributed by atoms with Crippen molar-refractivity contribution >= 4 is 17.5 Å². The van der Waals surface area contributed by atoms with Crippen LogP contribution in [0.15, 0.2) is 41.1 Å². The summed E-state index contributed by atoms with van der Waals surface area (Å²) in [5.41, 5.74) is 1.58. The van der Waals surface area contributed by atoms with Crippen LogP contribution >= 0.6 is 11.6 Å². The van der Waals surface area contributed by atoms with Gasteiger partial charge in [-0.1, -0.05) is 17.3 Å². The summed E-state index contributed by atoms with van der Waals surface area (Å²) in [4.78, 5) is 11.7. The van der Waals surface area contributed by atoms with Crippen molar-refractivity contribution in [2.24, 2.45) is 0 Å². The number of nitrogens with one attached hydrogen (secondary N) is 1. The molecular formula is C12H11ClN2O2. The largest absolute Gasteiger partial charge is 0.360 e. The van der Waals surface area contributed by atoms with Crippen LogP contribution in [-0.2, 0) is 12.4 Å². The molecule has 0 atom stereocenters. The van der Waals surface area contributed by atoms with Gasteiger partial charge in [0.1, 0.15) is 0 Å². The second kappa shape index (κ2) is 5.50. The summed E-state index contributed by atoms with van der Waals surface area (Å²) < 4.78 is 4.87. The van der Waals surface area contributed by atoms with E-state index in [2.05, 4.69) is 10.5 Å². The fourth-order valence-electron chi connectivity index (χ4n) is 1.35. The Kier molecular flexibility index (Phi) is 3.77. The first-order chi connectivity index (χ1) is 8.29. The van der Waals surface area contributed by atoms with Gasteiger partial charge < -0.3 is 9.84 Å². The SMILES string of the molecule is O=C(NCc1ccno1)c1ccc(CCl)cc1. The number of amides is 1. The molecule has 1 heterocycles. The highest BCUT2D eigenvalue weighted by Crippen LogP contribution is 2.07. The van der Waals surface area contributed by atoms with Crippen molar-refractivity contribution in [2.45, 2.75) is 12.4 Å². The number of carbonyl (C=O) groups is 1. The second-order valence-electron chi connectivity index (χ2n) is 3.49. The van der Waals surface area contributed by atoms with Crippen molar-refractivity contribution in [2.75, 3.05) is 0 Å². The molecule has 0 saturated heterocycles. The van der Waals surface area contributed by atoms with Gasteiger partial charge in [0.25, 0.3) is 5.91 Å². The van der Waals surface area contributed by atoms with Gasteiger partial charge in [-0.15, -0.1) is 11.6 Å². The Morgan fingerprint density at radius 1 is 1.29 bits per heavy atom. The first kappa shape index (κ1) is 11.7. The lowest BCUT2D eigenvalue weighted by Gasteiger charge is -2.03. The minimum atomic E-state index is -0.150. The van der Waals surface area contributed by atoms with Crippen LogP contribution in [0.25, 0.3) is 0 Å². The zero-order valence-corrected chi connectivity index (χ0v) is 9.78.